The van der Waals surface area contributed by atoms with Crippen LogP contribution in [-0.2, 0) is 10.0 Å². The van der Waals surface area contributed by atoms with Gasteiger partial charge in [-0.05, 0) is 29.7 Å². The molecule has 2 aromatic heterocycles. The molecule has 0 amide bonds. The van der Waals surface area contributed by atoms with E-state index in [9.17, 15) is 8.42 Å². The average molecular weight is 377 g/mol. The number of aromatic nitrogens is 3. The van der Waals surface area contributed by atoms with E-state index < -0.39 is 10.0 Å². The van der Waals surface area contributed by atoms with Crippen LogP contribution in [0.3, 0.4) is 0 Å². The molecular weight excluding hydrogens is 361 g/mol. The van der Waals surface area contributed by atoms with Crippen LogP contribution < -0.4 is 15.9 Å². The zero-order chi connectivity index (χ0) is 19.0. The second-order valence-corrected chi connectivity index (χ2v) is 7.71. The van der Waals surface area contributed by atoms with E-state index in [0.717, 1.165) is 28.2 Å². The fourth-order valence-corrected chi connectivity index (χ4v) is 3.31. The summed E-state index contributed by atoms with van der Waals surface area (Å²) in [7, 11) is -1.77. The lowest BCUT2D eigenvalue weighted by Crippen LogP contribution is -2.12. The van der Waals surface area contributed by atoms with Crippen molar-refractivity contribution >= 4 is 40.5 Å². The summed E-state index contributed by atoms with van der Waals surface area (Å²) in [6.07, 6.45) is 1.76. The molecule has 0 fully saturated rings. The monoisotopic (exact) mass is 377 g/mol. The van der Waals surface area contributed by atoms with Crippen molar-refractivity contribution in [2.24, 2.45) is 5.14 Å². The first-order valence-corrected chi connectivity index (χ1v) is 9.77. The number of rotatable bonds is 4. The summed E-state index contributed by atoms with van der Waals surface area (Å²) in [5.41, 5.74) is 4.23. The van der Waals surface area contributed by atoms with Crippen LogP contribution in [0.4, 0.5) is 11.5 Å². The first-order valence-electron chi connectivity index (χ1n) is 8.22. The lowest BCUT2D eigenvalue weighted by molar-refractivity contribution is 0.598. The predicted octanol–water partition coefficient (Wildman–Crippen LogP) is 1.05. The van der Waals surface area contributed by atoms with Gasteiger partial charge in [-0.3, -0.25) is 0 Å². The summed E-state index contributed by atoms with van der Waals surface area (Å²) in [6.45, 7) is 0. The van der Waals surface area contributed by atoms with Crippen molar-refractivity contribution in [1.82, 2.24) is 14.6 Å². The Kier molecular flexibility index (Phi) is 4.17. The van der Waals surface area contributed by atoms with Gasteiger partial charge in [-0.25, -0.2) is 18.5 Å². The van der Waals surface area contributed by atoms with Crippen LogP contribution in [-0.4, -0.2) is 30.9 Å². The summed E-state index contributed by atoms with van der Waals surface area (Å²) in [5.74, 6) is 0.718. The predicted molar refractivity (Wildman–Crippen MR) is 108 cm³/mol. The molecule has 0 unspecified atom stereocenters. The van der Waals surface area contributed by atoms with Crippen molar-refractivity contribution in [3.05, 3.63) is 66.9 Å². The number of hydrogen-bond acceptors (Lipinski definition) is 5. The topological polar surface area (TPSA) is 102 Å². The lowest BCUT2D eigenvalue weighted by Gasteiger charge is -2.11. The standard InChI is InChI=1S/C18H16BN5O2S/c19-15-11-21-24-17(22-13-6-8-14(9-7-13)27(20,25)26)10-16(23-18(15)24)12-4-2-1-3-5-12/h1-11,22H,19H2,(H2,20,25,26). The molecule has 7 nitrogen and oxygen atoms in total. The maximum atomic E-state index is 11.4. The minimum Gasteiger partial charge on any atom is -0.340 e. The van der Waals surface area contributed by atoms with Gasteiger partial charge in [0.05, 0.1) is 10.6 Å². The lowest BCUT2D eigenvalue weighted by atomic mass is 10.0. The van der Waals surface area contributed by atoms with Gasteiger partial charge in [-0.15, -0.1) is 0 Å². The first kappa shape index (κ1) is 17.3. The molecule has 0 aliphatic carbocycles. The molecule has 0 radical (unpaired) electrons. The number of hydrogen-bond donors (Lipinski definition) is 2. The Morgan fingerprint density at radius 1 is 1.04 bits per heavy atom. The van der Waals surface area contributed by atoms with Gasteiger partial charge in [-0.2, -0.15) is 9.61 Å². The maximum Gasteiger partial charge on any atom is 0.238 e. The molecule has 0 saturated carbocycles. The van der Waals surface area contributed by atoms with E-state index in [1.807, 2.05) is 44.2 Å². The van der Waals surface area contributed by atoms with Crippen LogP contribution in [0.15, 0.2) is 71.8 Å². The molecule has 4 rings (SSSR count). The average Bonchev–Trinajstić information content (AvgIpc) is 3.03. The van der Waals surface area contributed by atoms with Crippen molar-refractivity contribution in [2.75, 3.05) is 5.32 Å². The van der Waals surface area contributed by atoms with Crippen molar-refractivity contribution in [3.8, 4) is 11.3 Å². The number of nitrogens with zero attached hydrogens (tertiary/aromatic N) is 3. The molecule has 0 aliphatic heterocycles. The normalized spacial score (nSPS) is 11.6. The SMILES string of the molecule is Bc1cnn2c(Nc3ccc(S(N)(=O)=O)cc3)cc(-c3ccccc3)nc12. The summed E-state index contributed by atoms with van der Waals surface area (Å²) < 4.78 is 24.6. The van der Waals surface area contributed by atoms with E-state index in [4.69, 9.17) is 10.1 Å². The van der Waals surface area contributed by atoms with Gasteiger partial charge in [0.15, 0.2) is 5.65 Å². The summed E-state index contributed by atoms with van der Waals surface area (Å²) in [5, 5.41) is 12.8. The van der Waals surface area contributed by atoms with Crippen LogP contribution in [0.5, 0.6) is 0 Å². The van der Waals surface area contributed by atoms with E-state index in [-0.39, 0.29) is 4.90 Å². The highest BCUT2D eigenvalue weighted by Crippen LogP contribution is 2.24. The van der Waals surface area contributed by atoms with E-state index in [0.29, 0.717) is 5.69 Å². The smallest absolute Gasteiger partial charge is 0.238 e. The van der Waals surface area contributed by atoms with Crippen LogP contribution in [0, 0.1) is 0 Å². The van der Waals surface area contributed by atoms with Crippen LogP contribution in [0.25, 0.3) is 16.9 Å². The number of primary sulfonamides is 1. The van der Waals surface area contributed by atoms with Crippen molar-refractivity contribution < 1.29 is 8.42 Å². The fourth-order valence-electron chi connectivity index (χ4n) is 2.79. The minimum atomic E-state index is -3.72. The summed E-state index contributed by atoms with van der Waals surface area (Å²) >= 11 is 0. The van der Waals surface area contributed by atoms with Crippen molar-refractivity contribution in [3.63, 3.8) is 0 Å². The fraction of sp³-hybridized carbons (Fsp3) is 0. The molecule has 0 aliphatic rings. The zero-order valence-electron chi connectivity index (χ0n) is 14.5. The molecule has 3 N–H and O–H groups in total. The summed E-state index contributed by atoms with van der Waals surface area (Å²) in [6, 6.07) is 18.0. The Balaban J connectivity index is 1.79. The molecule has 4 aromatic rings. The van der Waals surface area contributed by atoms with Gasteiger partial charge in [-0.1, -0.05) is 30.3 Å². The van der Waals surface area contributed by atoms with Crippen LogP contribution >= 0.6 is 0 Å². The second-order valence-electron chi connectivity index (χ2n) is 6.15. The van der Waals surface area contributed by atoms with Crippen molar-refractivity contribution in [1.29, 1.82) is 0 Å². The van der Waals surface area contributed by atoms with E-state index in [2.05, 4.69) is 10.4 Å². The second kappa shape index (κ2) is 6.53. The number of sulfonamides is 1. The maximum absolute atomic E-state index is 11.4. The van der Waals surface area contributed by atoms with Gasteiger partial charge in [0.25, 0.3) is 0 Å². The highest BCUT2D eigenvalue weighted by Gasteiger charge is 2.12. The minimum absolute atomic E-state index is 0.0628. The molecular formula is C18H16BN5O2S. The zero-order valence-corrected chi connectivity index (χ0v) is 15.3. The third kappa shape index (κ3) is 3.42. The molecule has 0 atom stereocenters. The van der Waals surface area contributed by atoms with Gasteiger partial charge in [0, 0.05) is 23.5 Å². The first-order chi connectivity index (χ1) is 12.9. The molecule has 2 aromatic carbocycles. The Morgan fingerprint density at radius 2 is 1.74 bits per heavy atom. The van der Waals surface area contributed by atoms with E-state index in [1.54, 1.807) is 22.8 Å². The summed E-state index contributed by atoms with van der Waals surface area (Å²) in [4.78, 5) is 4.78. The van der Waals surface area contributed by atoms with E-state index in [1.165, 1.54) is 12.1 Å². The van der Waals surface area contributed by atoms with Crippen molar-refractivity contribution in [2.45, 2.75) is 4.90 Å². The number of nitrogens with two attached hydrogens (primary N) is 1. The largest absolute Gasteiger partial charge is 0.340 e. The molecule has 9 heteroatoms. The Labute approximate surface area is 157 Å². The number of nitrogens with one attached hydrogen (secondary N) is 1. The Morgan fingerprint density at radius 3 is 2.41 bits per heavy atom. The molecule has 0 bridgehead atoms. The van der Waals surface area contributed by atoms with Gasteiger partial charge < -0.3 is 5.32 Å². The van der Waals surface area contributed by atoms with Gasteiger partial charge in [0.1, 0.15) is 13.7 Å². The van der Waals surface area contributed by atoms with Gasteiger partial charge in [0.2, 0.25) is 10.0 Å². The van der Waals surface area contributed by atoms with Gasteiger partial charge >= 0.3 is 0 Å². The third-order valence-electron chi connectivity index (χ3n) is 4.17. The molecule has 134 valence electrons. The number of fused-ring (bicyclic) bond motifs is 1. The molecule has 27 heavy (non-hydrogen) atoms. The molecule has 0 spiro atoms. The highest BCUT2D eigenvalue weighted by atomic mass is 32.2. The Hall–Kier alpha value is -3.17. The Bertz CT molecular complexity index is 1220. The third-order valence-corrected chi connectivity index (χ3v) is 5.10. The van der Waals surface area contributed by atoms with E-state index >= 15 is 0 Å². The molecule has 0 saturated heterocycles. The van der Waals surface area contributed by atoms with Crippen LogP contribution in [0.2, 0.25) is 0 Å². The highest BCUT2D eigenvalue weighted by molar-refractivity contribution is 7.89. The number of anilines is 2. The van der Waals surface area contributed by atoms with Crippen LogP contribution in [0.1, 0.15) is 0 Å². The molecule has 2 heterocycles. The number of benzene rings is 2. The quantitative estimate of drug-likeness (QED) is 0.518.